The zero-order valence-corrected chi connectivity index (χ0v) is 11.6. The molecule has 19 heavy (non-hydrogen) atoms. The smallest absolute Gasteiger partial charge is 0.337 e. The molecule has 0 radical (unpaired) electrons. The summed E-state index contributed by atoms with van der Waals surface area (Å²) >= 11 is 1.36. The van der Waals surface area contributed by atoms with Gasteiger partial charge in [0.25, 0.3) is 0 Å². The molecule has 7 nitrogen and oxygen atoms in total. The minimum atomic E-state index is -1.99. The zero-order chi connectivity index (χ0) is 14.5. The summed E-state index contributed by atoms with van der Waals surface area (Å²) in [6.07, 6.45) is 3.58. The van der Waals surface area contributed by atoms with E-state index in [1.807, 2.05) is 6.92 Å². The Labute approximate surface area is 114 Å². The molecule has 0 fully saturated rings. The first kappa shape index (κ1) is 15.4. The number of aryl methyl sites for hydroxylation is 1. The molecule has 1 rings (SSSR count). The van der Waals surface area contributed by atoms with Crippen LogP contribution in [0.15, 0.2) is 6.20 Å². The number of hydrogen-bond acceptors (Lipinski definition) is 5. The molecule has 1 aromatic rings. The lowest BCUT2D eigenvalue weighted by Crippen LogP contribution is -2.47. The molecular formula is C11H17N3O4S. The van der Waals surface area contributed by atoms with Crippen molar-refractivity contribution in [2.45, 2.75) is 32.3 Å². The largest absolute Gasteiger partial charge is 0.479 e. The second kappa shape index (κ2) is 6.48. The zero-order valence-electron chi connectivity index (χ0n) is 10.8. The molecule has 0 spiro atoms. The summed E-state index contributed by atoms with van der Waals surface area (Å²) in [5, 5.41) is 23.3. The van der Waals surface area contributed by atoms with Crippen molar-refractivity contribution < 1.29 is 19.8 Å². The molecule has 0 saturated heterocycles. The van der Waals surface area contributed by atoms with Crippen molar-refractivity contribution in [2.75, 3.05) is 11.9 Å². The van der Waals surface area contributed by atoms with Crippen LogP contribution in [-0.4, -0.2) is 39.3 Å². The van der Waals surface area contributed by atoms with Crippen LogP contribution in [-0.2, 0) is 11.2 Å². The first-order chi connectivity index (χ1) is 8.85. The van der Waals surface area contributed by atoms with E-state index in [0.29, 0.717) is 5.13 Å². The quantitative estimate of drug-likeness (QED) is 0.625. The van der Waals surface area contributed by atoms with Gasteiger partial charge in [-0.05, 0) is 13.3 Å². The van der Waals surface area contributed by atoms with E-state index in [-0.39, 0.29) is 6.54 Å². The third kappa shape index (κ3) is 4.84. The fourth-order valence-electron chi connectivity index (χ4n) is 1.20. The molecule has 4 N–H and O–H groups in total. The van der Waals surface area contributed by atoms with Crippen LogP contribution in [0.5, 0.6) is 0 Å². The molecule has 1 unspecified atom stereocenters. The van der Waals surface area contributed by atoms with Crippen LogP contribution >= 0.6 is 11.3 Å². The summed E-state index contributed by atoms with van der Waals surface area (Å²) in [4.78, 5) is 27.2. The summed E-state index contributed by atoms with van der Waals surface area (Å²) < 4.78 is 0. The van der Waals surface area contributed by atoms with Crippen LogP contribution in [0.25, 0.3) is 0 Å². The Morgan fingerprint density at radius 3 is 2.79 bits per heavy atom. The predicted octanol–water partition coefficient (Wildman–Crippen LogP) is 1.05. The molecule has 1 aromatic heterocycles. The number of aromatic nitrogens is 1. The summed E-state index contributed by atoms with van der Waals surface area (Å²) in [6.45, 7) is 2.77. The minimum absolute atomic E-state index is 0.388. The van der Waals surface area contributed by atoms with Crippen LogP contribution in [0, 0.1) is 0 Å². The molecule has 0 aliphatic heterocycles. The molecular weight excluding hydrogens is 270 g/mol. The maximum absolute atomic E-state index is 11.5. The molecule has 0 aliphatic rings. The van der Waals surface area contributed by atoms with Gasteiger partial charge in [-0.3, -0.25) is 5.32 Å². The lowest BCUT2D eigenvalue weighted by Gasteiger charge is -2.18. The van der Waals surface area contributed by atoms with Gasteiger partial charge in [0.15, 0.2) is 10.7 Å². The SMILES string of the molecule is CCCc1cnc(NC(=O)NCC(C)(O)C(=O)O)s1. The van der Waals surface area contributed by atoms with E-state index in [0.717, 1.165) is 24.6 Å². The summed E-state index contributed by atoms with van der Waals surface area (Å²) in [5.41, 5.74) is -1.99. The van der Waals surface area contributed by atoms with Gasteiger partial charge in [-0.15, -0.1) is 11.3 Å². The number of thiazole rings is 1. The van der Waals surface area contributed by atoms with Gasteiger partial charge in [-0.25, -0.2) is 14.6 Å². The number of urea groups is 1. The Balaban J connectivity index is 2.44. The second-order valence-electron chi connectivity index (χ2n) is 4.27. The number of anilines is 1. The van der Waals surface area contributed by atoms with E-state index in [4.69, 9.17) is 5.11 Å². The van der Waals surface area contributed by atoms with Crippen molar-refractivity contribution in [3.8, 4) is 0 Å². The Bertz CT molecular complexity index is 459. The molecule has 106 valence electrons. The van der Waals surface area contributed by atoms with E-state index in [1.165, 1.54) is 11.3 Å². The summed E-state index contributed by atoms with van der Waals surface area (Å²) in [5.74, 6) is -1.40. The number of carbonyl (C=O) groups excluding carboxylic acids is 1. The Morgan fingerprint density at radius 2 is 2.21 bits per heavy atom. The number of rotatable bonds is 6. The normalized spacial score (nSPS) is 13.6. The summed E-state index contributed by atoms with van der Waals surface area (Å²) in [7, 11) is 0. The molecule has 0 saturated carbocycles. The van der Waals surface area contributed by atoms with Crippen LogP contribution in [0.3, 0.4) is 0 Å². The highest BCUT2D eigenvalue weighted by Gasteiger charge is 2.30. The van der Waals surface area contributed by atoms with Crippen molar-refractivity contribution in [2.24, 2.45) is 0 Å². The maximum atomic E-state index is 11.5. The fourth-order valence-corrected chi connectivity index (χ4v) is 2.11. The average molecular weight is 287 g/mol. The lowest BCUT2D eigenvalue weighted by atomic mass is 10.1. The minimum Gasteiger partial charge on any atom is -0.479 e. The number of hydrogen-bond donors (Lipinski definition) is 4. The lowest BCUT2D eigenvalue weighted by molar-refractivity contribution is -0.155. The van der Waals surface area contributed by atoms with Crippen molar-refractivity contribution in [3.05, 3.63) is 11.1 Å². The molecule has 0 bridgehead atoms. The number of nitrogens with zero attached hydrogens (tertiary/aromatic N) is 1. The van der Waals surface area contributed by atoms with Gasteiger partial charge in [-0.2, -0.15) is 0 Å². The third-order valence-electron chi connectivity index (χ3n) is 2.32. The van der Waals surface area contributed by atoms with Crippen molar-refractivity contribution in [3.63, 3.8) is 0 Å². The van der Waals surface area contributed by atoms with Gasteiger partial charge in [-0.1, -0.05) is 13.3 Å². The number of carbonyl (C=O) groups is 2. The molecule has 8 heteroatoms. The van der Waals surface area contributed by atoms with Crippen molar-refractivity contribution in [1.82, 2.24) is 10.3 Å². The summed E-state index contributed by atoms with van der Waals surface area (Å²) in [6, 6.07) is -0.598. The first-order valence-corrected chi connectivity index (χ1v) is 6.62. The average Bonchev–Trinajstić information content (AvgIpc) is 2.74. The monoisotopic (exact) mass is 287 g/mol. The van der Waals surface area contributed by atoms with Crippen molar-refractivity contribution >= 4 is 28.5 Å². The molecule has 2 amide bonds. The molecule has 1 heterocycles. The van der Waals surface area contributed by atoms with E-state index in [9.17, 15) is 14.7 Å². The van der Waals surface area contributed by atoms with Crippen LogP contribution in [0.4, 0.5) is 9.93 Å². The Morgan fingerprint density at radius 1 is 1.53 bits per heavy atom. The van der Waals surface area contributed by atoms with E-state index in [1.54, 1.807) is 6.20 Å². The van der Waals surface area contributed by atoms with Crippen LogP contribution in [0.1, 0.15) is 25.1 Å². The maximum Gasteiger partial charge on any atom is 0.337 e. The fraction of sp³-hybridized carbons (Fsp3) is 0.545. The third-order valence-corrected chi connectivity index (χ3v) is 3.30. The number of nitrogens with one attached hydrogen (secondary N) is 2. The van der Waals surface area contributed by atoms with Gasteiger partial charge in [0, 0.05) is 11.1 Å². The number of amides is 2. The van der Waals surface area contributed by atoms with E-state index in [2.05, 4.69) is 15.6 Å². The predicted molar refractivity (Wildman–Crippen MR) is 71.4 cm³/mol. The highest BCUT2D eigenvalue weighted by Crippen LogP contribution is 2.19. The first-order valence-electron chi connectivity index (χ1n) is 5.80. The Kier molecular flexibility index (Phi) is 5.25. The highest BCUT2D eigenvalue weighted by molar-refractivity contribution is 7.15. The number of aliphatic hydroxyl groups is 1. The van der Waals surface area contributed by atoms with E-state index >= 15 is 0 Å². The number of carboxylic acids is 1. The van der Waals surface area contributed by atoms with Crippen LogP contribution < -0.4 is 10.6 Å². The van der Waals surface area contributed by atoms with Gasteiger partial charge in [0.1, 0.15) is 0 Å². The van der Waals surface area contributed by atoms with Gasteiger partial charge in [0.05, 0.1) is 6.54 Å². The number of aliphatic carboxylic acids is 1. The van der Waals surface area contributed by atoms with Crippen LogP contribution in [0.2, 0.25) is 0 Å². The van der Waals surface area contributed by atoms with Gasteiger partial charge >= 0.3 is 12.0 Å². The standard InChI is InChI=1S/C11H17N3O4S/c1-3-4-7-5-12-10(19-7)14-9(17)13-6-11(2,18)8(15)16/h5,18H,3-4,6H2,1-2H3,(H,15,16)(H2,12,13,14,17). The van der Waals surface area contributed by atoms with Gasteiger partial charge < -0.3 is 15.5 Å². The molecule has 0 aromatic carbocycles. The van der Waals surface area contributed by atoms with Crippen molar-refractivity contribution in [1.29, 1.82) is 0 Å². The second-order valence-corrected chi connectivity index (χ2v) is 5.38. The topological polar surface area (TPSA) is 112 Å². The molecule has 1 atom stereocenters. The Hall–Kier alpha value is -1.67. The highest BCUT2D eigenvalue weighted by atomic mass is 32.1. The van der Waals surface area contributed by atoms with Gasteiger partial charge in [0.2, 0.25) is 0 Å². The van der Waals surface area contributed by atoms with E-state index < -0.39 is 17.6 Å². The number of carboxylic acid groups (broad SMARTS) is 1. The molecule has 0 aliphatic carbocycles.